The molecule has 2 rings (SSSR count). The predicted molar refractivity (Wildman–Crippen MR) is 72.3 cm³/mol. The molecule has 4 nitrogen and oxygen atoms in total. The van der Waals surface area contributed by atoms with Crippen molar-refractivity contribution in [1.82, 2.24) is 4.90 Å². The molecule has 0 bridgehead atoms. The third-order valence-corrected chi connectivity index (χ3v) is 3.44. The largest absolute Gasteiger partial charge is 0.417 e. The van der Waals surface area contributed by atoms with Gasteiger partial charge in [-0.3, -0.25) is 0 Å². The number of urea groups is 1. The molecule has 21 heavy (non-hydrogen) atoms. The van der Waals surface area contributed by atoms with E-state index in [4.69, 9.17) is 16.7 Å². The fourth-order valence-electron chi connectivity index (χ4n) is 1.96. The fourth-order valence-corrected chi connectivity index (χ4v) is 2.18. The molecule has 1 fully saturated rings. The molecule has 2 amide bonds. The number of aliphatic hydroxyl groups is 1. The second-order valence-corrected chi connectivity index (χ2v) is 5.18. The number of carbonyl (C=O) groups is 1. The maximum atomic E-state index is 12.7. The second-order valence-electron chi connectivity index (χ2n) is 4.77. The number of carbonyl (C=O) groups excluding carboxylic acids is 1. The van der Waals surface area contributed by atoms with E-state index in [2.05, 4.69) is 5.32 Å². The fraction of sp³-hybridized carbons (Fsp3) is 0.462. The molecule has 2 N–H and O–H groups in total. The van der Waals surface area contributed by atoms with E-state index in [1.807, 2.05) is 0 Å². The highest BCUT2D eigenvalue weighted by atomic mass is 35.5. The summed E-state index contributed by atoms with van der Waals surface area (Å²) in [5.41, 5.74) is -0.984. The van der Waals surface area contributed by atoms with Gasteiger partial charge >= 0.3 is 12.2 Å². The predicted octanol–water partition coefficient (Wildman–Crippen LogP) is 3.35. The molecule has 1 aromatic carbocycles. The first-order valence-corrected chi connectivity index (χ1v) is 6.76. The van der Waals surface area contributed by atoms with Gasteiger partial charge in [0.2, 0.25) is 0 Å². The van der Waals surface area contributed by atoms with Gasteiger partial charge in [-0.1, -0.05) is 11.6 Å². The van der Waals surface area contributed by atoms with Crippen LogP contribution in [0, 0.1) is 0 Å². The average Bonchev–Trinajstić information content (AvgIpc) is 3.21. The number of nitrogens with zero attached hydrogens (tertiary/aromatic N) is 1. The molecule has 8 heteroatoms. The van der Waals surface area contributed by atoms with E-state index < -0.39 is 22.8 Å². The Hall–Kier alpha value is -1.47. The minimum Gasteiger partial charge on any atom is -0.395 e. The van der Waals surface area contributed by atoms with Crippen molar-refractivity contribution in [2.75, 3.05) is 18.5 Å². The topological polar surface area (TPSA) is 52.6 Å². The standard InChI is InChI=1S/C13H14ClF3N2O2/c14-11-4-1-8(7-10(11)13(15,16)17)18-12(21)19(5-6-20)9-2-3-9/h1,4,7,9,20H,2-3,5-6H2,(H,18,21). The van der Waals surface area contributed by atoms with Crippen molar-refractivity contribution in [2.24, 2.45) is 0 Å². The molecule has 0 heterocycles. The quantitative estimate of drug-likeness (QED) is 0.893. The maximum absolute atomic E-state index is 12.7. The molecule has 1 aliphatic carbocycles. The summed E-state index contributed by atoms with van der Waals surface area (Å²) >= 11 is 5.51. The van der Waals surface area contributed by atoms with E-state index >= 15 is 0 Å². The zero-order chi connectivity index (χ0) is 15.6. The van der Waals surface area contributed by atoms with Gasteiger partial charge in [-0.05, 0) is 31.0 Å². The molecule has 1 aliphatic rings. The summed E-state index contributed by atoms with van der Waals surface area (Å²) in [5.74, 6) is 0. The number of nitrogens with one attached hydrogen (secondary N) is 1. The molecule has 0 unspecified atom stereocenters. The Bertz CT molecular complexity index is 533. The molecule has 116 valence electrons. The molecular weight excluding hydrogens is 309 g/mol. The Morgan fingerprint density at radius 2 is 2.10 bits per heavy atom. The second kappa shape index (κ2) is 6.11. The number of aliphatic hydroxyl groups excluding tert-OH is 1. The van der Waals surface area contributed by atoms with Gasteiger partial charge in [0.25, 0.3) is 0 Å². The summed E-state index contributed by atoms with van der Waals surface area (Å²) in [7, 11) is 0. The van der Waals surface area contributed by atoms with Crippen LogP contribution in [0.15, 0.2) is 18.2 Å². The summed E-state index contributed by atoms with van der Waals surface area (Å²) in [4.78, 5) is 13.4. The number of alkyl halides is 3. The first-order chi connectivity index (χ1) is 9.82. The van der Waals surface area contributed by atoms with Gasteiger partial charge in [-0.25, -0.2) is 4.79 Å². The molecule has 0 aliphatic heterocycles. The van der Waals surface area contributed by atoms with Crippen molar-refractivity contribution >= 4 is 23.3 Å². The Kier molecular flexibility index (Phi) is 4.63. The lowest BCUT2D eigenvalue weighted by Crippen LogP contribution is -2.38. The van der Waals surface area contributed by atoms with Crippen molar-refractivity contribution in [1.29, 1.82) is 0 Å². The Balaban J connectivity index is 2.13. The van der Waals surface area contributed by atoms with Crippen LogP contribution in [0.4, 0.5) is 23.7 Å². The molecular formula is C13H14ClF3N2O2. The summed E-state index contributed by atoms with van der Waals surface area (Å²) in [5, 5.41) is 10.9. The van der Waals surface area contributed by atoms with Crippen molar-refractivity contribution in [3.05, 3.63) is 28.8 Å². The smallest absolute Gasteiger partial charge is 0.395 e. The Labute approximate surface area is 124 Å². The Morgan fingerprint density at radius 1 is 1.43 bits per heavy atom. The van der Waals surface area contributed by atoms with Crippen molar-refractivity contribution in [2.45, 2.75) is 25.1 Å². The number of benzene rings is 1. The van der Waals surface area contributed by atoms with E-state index in [9.17, 15) is 18.0 Å². The van der Waals surface area contributed by atoms with E-state index in [0.29, 0.717) is 0 Å². The van der Waals surface area contributed by atoms with E-state index in [1.54, 1.807) is 0 Å². The number of rotatable bonds is 4. The molecule has 0 spiro atoms. The minimum atomic E-state index is -4.58. The average molecular weight is 323 g/mol. The first kappa shape index (κ1) is 15.9. The number of hydrogen-bond donors (Lipinski definition) is 2. The van der Waals surface area contributed by atoms with E-state index in [-0.39, 0.29) is 24.9 Å². The van der Waals surface area contributed by atoms with Gasteiger partial charge in [0.1, 0.15) is 0 Å². The Morgan fingerprint density at radius 3 is 2.62 bits per heavy atom. The van der Waals surface area contributed by atoms with Crippen LogP contribution in [-0.4, -0.2) is 35.2 Å². The molecule has 0 aromatic heterocycles. The third-order valence-electron chi connectivity index (χ3n) is 3.11. The normalized spacial score (nSPS) is 14.9. The lowest BCUT2D eigenvalue weighted by Gasteiger charge is -2.22. The zero-order valence-electron chi connectivity index (χ0n) is 11.0. The van der Waals surface area contributed by atoms with Crippen molar-refractivity contribution < 1.29 is 23.1 Å². The van der Waals surface area contributed by atoms with Crippen molar-refractivity contribution in [3.63, 3.8) is 0 Å². The molecule has 1 aromatic rings. The zero-order valence-corrected chi connectivity index (χ0v) is 11.7. The van der Waals surface area contributed by atoms with Crippen LogP contribution in [0.5, 0.6) is 0 Å². The SMILES string of the molecule is O=C(Nc1ccc(Cl)c(C(F)(F)F)c1)N(CCO)C1CC1. The van der Waals surface area contributed by atoms with E-state index in [1.165, 1.54) is 11.0 Å². The first-order valence-electron chi connectivity index (χ1n) is 6.38. The number of anilines is 1. The third kappa shape index (κ3) is 4.01. The van der Waals surface area contributed by atoms with E-state index in [0.717, 1.165) is 25.0 Å². The molecule has 1 saturated carbocycles. The van der Waals surface area contributed by atoms with Gasteiger partial charge in [0.15, 0.2) is 0 Å². The van der Waals surface area contributed by atoms with Gasteiger partial charge in [-0.15, -0.1) is 0 Å². The van der Waals surface area contributed by atoms with Crippen molar-refractivity contribution in [3.8, 4) is 0 Å². The maximum Gasteiger partial charge on any atom is 0.417 e. The van der Waals surface area contributed by atoms with Crippen LogP contribution in [0.3, 0.4) is 0 Å². The van der Waals surface area contributed by atoms with Gasteiger partial charge in [0.05, 0.1) is 17.2 Å². The molecule has 0 saturated heterocycles. The van der Waals surface area contributed by atoms with Gasteiger partial charge < -0.3 is 15.3 Å². The monoisotopic (exact) mass is 322 g/mol. The lowest BCUT2D eigenvalue weighted by molar-refractivity contribution is -0.137. The van der Waals surface area contributed by atoms with Crippen LogP contribution in [0.2, 0.25) is 5.02 Å². The molecule has 0 atom stereocenters. The highest BCUT2D eigenvalue weighted by molar-refractivity contribution is 6.31. The van der Waals surface area contributed by atoms with Crippen LogP contribution in [0.1, 0.15) is 18.4 Å². The summed E-state index contributed by atoms with van der Waals surface area (Å²) in [6.45, 7) is -0.0471. The molecule has 0 radical (unpaired) electrons. The van der Waals surface area contributed by atoms with Crippen LogP contribution in [0.25, 0.3) is 0 Å². The van der Waals surface area contributed by atoms with Crippen LogP contribution in [-0.2, 0) is 6.18 Å². The van der Waals surface area contributed by atoms with Gasteiger partial charge in [0, 0.05) is 18.3 Å². The highest BCUT2D eigenvalue weighted by Crippen LogP contribution is 2.36. The number of hydrogen-bond acceptors (Lipinski definition) is 2. The number of amides is 2. The highest BCUT2D eigenvalue weighted by Gasteiger charge is 2.34. The minimum absolute atomic E-state index is 0.0142. The van der Waals surface area contributed by atoms with Crippen LogP contribution >= 0.6 is 11.6 Å². The van der Waals surface area contributed by atoms with Gasteiger partial charge in [-0.2, -0.15) is 13.2 Å². The summed E-state index contributed by atoms with van der Waals surface area (Å²) < 4.78 is 38.2. The lowest BCUT2D eigenvalue weighted by atomic mass is 10.2. The van der Waals surface area contributed by atoms with Crippen LogP contribution < -0.4 is 5.32 Å². The summed E-state index contributed by atoms with van der Waals surface area (Å²) in [6, 6.07) is 2.71. The number of halogens is 4. The summed E-state index contributed by atoms with van der Waals surface area (Å²) in [6.07, 6.45) is -2.91.